The molecule has 0 heterocycles. The Morgan fingerprint density at radius 2 is 1.92 bits per heavy atom. The summed E-state index contributed by atoms with van der Waals surface area (Å²) in [7, 11) is 0. The van der Waals surface area contributed by atoms with E-state index in [1.54, 1.807) is 0 Å². The molecule has 0 bridgehead atoms. The van der Waals surface area contributed by atoms with Crippen LogP contribution in [0, 0.1) is 0 Å². The van der Waals surface area contributed by atoms with Gasteiger partial charge < -0.3 is 10.8 Å². The summed E-state index contributed by atoms with van der Waals surface area (Å²) in [5, 5.41) is 8.43. The van der Waals surface area contributed by atoms with Crippen molar-refractivity contribution in [3.8, 4) is 0 Å². The van der Waals surface area contributed by atoms with Crippen molar-refractivity contribution in [2.45, 2.75) is 26.7 Å². The van der Waals surface area contributed by atoms with Gasteiger partial charge in [-0.15, -0.1) is 0 Å². The van der Waals surface area contributed by atoms with Gasteiger partial charge in [0.1, 0.15) is 5.70 Å². The molecule has 0 spiro atoms. The van der Waals surface area contributed by atoms with Gasteiger partial charge in [-0.3, -0.25) is 4.79 Å². The number of ketones is 1. The van der Waals surface area contributed by atoms with Gasteiger partial charge in [0.05, 0.1) is 0 Å². The van der Waals surface area contributed by atoms with Crippen LogP contribution in [0.5, 0.6) is 0 Å². The lowest BCUT2D eigenvalue weighted by Gasteiger charge is -2.00. The minimum atomic E-state index is -1.24. The quantitative estimate of drug-likeness (QED) is 0.609. The van der Waals surface area contributed by atoms with Crippen LogP contribution in [0.4, 0.5) is 0 Å². The molecule has 0 saturated carbocycles. The van der Waals surface area contributed by atoms with Gasteiger partial charge in [0.25, 0.3) is 0 Å². The maximum absolute atomic E-state index is 11.1. The highest BCUT2D eigenvalue weighted by Crippen LogP contribution is 2.04. The minimum absolute atomic E-state index is 0.143. The van der Waals surface area contributed by atoms with Crippen molar-refractivity contribution in [2.75, 3.05) is 0 Å². The minimum Gasteiger partial charge on any atom is -0.477 e. The van der Waals surface area contributed by atoms with Crippen molar-refractivity contribution in [2.24, 2.45) is 5.73 Å². The summed E-state index contributed by atoms with van der Waals surface area (Å²) in [6.45, 7) is 3.28. The van der Waals surface area contributed by atoms with E-state index in [4.69, 9.17) is 10.8 Å². The molecule has 0 rings (SSSR count). The number of hydrogen-bond donors (Lipinski definition) is 2. The number of Topliss-reactive ketones (excluding diaryl/α,β-unsaturated/α-hetero) is 1. The molecule has 0 aromatic carbocycles. The van der Waals surface area contributed by atoms with Gasteiger partial charge in [0.2, 0.25) is 0 Å². The van der Waals surface area contributed by atoms with Crippen LogP contribution in [0.2, 0.25) is 0 Å². The average molecular weight is 171 g/mol. The van der Waals surface area contributed by atoms with Crippen LogP contribution in [-0.4, -0.2) is 16.9 Å². The third-order valence-corrected chi connectivity index (χ3v) is 1.53. The highest BCUT2D eigenvalue weighted by molar-refractivity contribution is 6.02. The third-order valence-electron chi connectivity index (χ3n) is 1.53. The summed E-state index contributed by atoms with van der Waals surface area (Å²) in [5.41, 5.74) is 4.94. The summed E-state index contributed by atoms with van der Waals surface area (Å²) in [4.78, 5) is 21.4. The second kappa shape index (κ2) is 4.54. The first-order chi connectivity index (χ1) is 5.50. The second-order valence-corrected chi connectivity index (χ2v) is 2.52. The number of rotatable bonds is 4. The predicted octanol–water partition coefficient (Wildman–Crippen LogP) is 0.673. The number of carbonyl (C=O) groups is 2. The lowest BCUT2D eigenvalue weighted by molar-refractivity contribution is -0.133. The van der Waals surface area contributed by atoms with Gasteiger partial charge in [0.15, 0.2) is 5.78 Å². The molecule has 68 valence electrons. The molecule has 4 heteroatoms. The Balaban J connectivity index is 4.55. The van der Waals surface area contributed by atoms with Crippen LogP contribution < -0.4 is 5.73 Å². The molecule has 0 atom stereocenters. The van der Waals surface area contributed by atoms with Crippen LogP contribution in [-0.2, 0) is 9.59 Å². The van der Waals surface area contributed by atoms with Crippen molar-refractivity contribution in [1.29, 1.82) is 0 Å². The molecule has 4 nitrogen and oxygen atoms in total. The van der Waals surface area contributed by atoms with Crippen molar-refractivity contribution >= 4 is 11.8 Å². The summed E-state index contributed by atoms with van der Waals surface area (Å²) in [6, 6.07) is 0. The number of carbonyl (C=O) groups excluding carboxylic acids is 1. The number of hydrogen-bond acceptors (Lipinski definition) is 3. The molecule has 0 aliphatic rings. The Morgan fingerprint density at radius 1 is 1.42 bits per heavy atom. The zero-order valence-electron chi connectivity index (χ0n) is 7.26. The topological polar surface area (TPSA) is 80.4 Å². The van der Waals surface area contributed by atoms with Crippen LogP contribution in [0.1, 0.15) is 26.7 Å². The first-order valence-electron chi connectivity index (χ1n) is 3.73. The fourth-order valence-electron chi connectivity index (χ4n) is 0.725. The van der Waals surface area contributed by atoms with Crippen LogP contribution >= 0.6 is 0 Å². The molecule has 0 aliphatic heterocycles. The molecular formula is C8H13NO3. The summed E-state index contributed by atoms with van der Waals surface area (Å²) in [6.07, 6.45) is 1.04. The fraction of sp³-hybridized carbons (Fsp3) is 0.500. The standard InChI is InChI=1S/C8H13NO3/c1-3-4-6(10)5(2)7(9)8(11)12/h3-4,9H2,1-2H3,(H,11,12). The monoisotopic (exact) mass is 171 g/mol. The molecule has 0 aliphatic carbocycles. The Bertz CT molecular complexity index is 230. The van der Waals surface area contributed by atoms with Gasteiger partial charge >= 0.3 is 5.97 Å². The molecule has 0 fully saturated rings. The molecule has 0 unspecified atom stereocenters. The molecule has 0 amide bonds. The highest BCUT2D eigenvalue weighted by atomic mass is 16.4. The highest BCUT2D eigenvalue weighted by Gasteiger charge is 2.12. The van der Waals surface area contributed by atoms with E-state index in [0.29, 0.717) is 12.8 Å². The molecule has 12 heavy (non-hydrogen) atoms. The van der Waals surface area contributed by atoms with Gasteiger partial charge in [-0.05, 0) is 13.3 Å². The summed E-state index contributed by atoms with van der Waals surface area (Å²) >= 11 is 0. The molecule has 0 aromatic rings. The molecule has 0 saturated heterocycles. The van der Waals surface area contributed by atoms with E-state index in [9.17, 15) is 9.59 Å². The maximum Gasteiger partial charge on any atom is 0.352 e. The number of allylic oxidation sites excluding steroid dienone is 1. The first kappa shape index (κ1) is 10.7. The summed E-state index contributed by atoms with van der Waals surface area (Å²) in [5.74, 6) is -1.44. The van der Waals surface area contributed by atoms with Crippen LogP contribution in [0.25, 0.3) is 0 Å². The van der Waals surface area contributed by atoms with Crippen molar-refractivity contribution in [1.82, 2.24) is 0 Å². The number of carboxylic acids is 1. The Kier molecular flexibility index (Phi) is 4.04. The van der Waals surface area contributed by atoms with E-state index < -0.39 is 5.97 Å². The van der Waals surface area contributed by atoms with Gasteiger partial charge in [-0.25, -0.2) is 4.79 Å². The molecule has 0 aromatic heterocycles. The van der Waals surface area contributed by atoms with Gasteiger partial charge in [-0.2, -0.15) is 0 Å². The fourth-order valence-corrected chi connectivity index (χ4v) is 0.725. The average Bonchev–Trinajstić information content (AvgIpc) is 2.02. The van der Waals surface area contributed by atoms with E-state index >= 15 is 0 Å². The SMILES string of the molecule is CCCC(=O)C(C)=C(N)C(=O)O. The predicted molar refractivity (Wildman–Crippen MR) is 44.4 cm³/mol. The molecular weight excluding hydrogens is 158 g/mol. The Labute approximate surface area is 71.1 Å². The van der Waals surface area contributed by atoms with Crippen LogP contribution in [0.15, 0.2) is 11.3 Å². The van der Waals surface area contributed by atoms with Crippen molar-refractivity contribution in [3.63, 3.8) is 0 Å². The van der Waals surface area contributed by atoms with Crippen molar-refractivity contribution < 1.29 is 14.7 Å². The zero-order chi connectivity index (χ0) is 9.72. The number of nitrogens with two attached hydrogens (primary N) is 1. The van der Waals surface area contributed by atoms with Crippen molar-refractivity contribution in [3.05, 3.63) is 11.3 Å². The lowest BCUT2D eigenvalue weighted by Crippen LogP contribution is -2.16. The van der Waals surface area contributed by atoms with E-state index in [-0.39, 0.29) is 17.1 Å². The largest absolute Gasteiger partial charge is 0.477 e. The zero-order valence-corrected chi connectivity index (χ0v) is 7.26. The second-order valence-electron chi connectivity index (χ2n) is 2.52. The van der Waals surface area contributed by atoms with E-state index in [2.05, 4.69) is 0 Å². The maximum atomic E-state index is 11.1. The van der Waals surface area contributed by atoms with Gasteiger partial charge in [0, 0.05) is 12.0 Å². The number of aliphatic carboxylic acids is 1. The van der Waals surface area contributed by atoms with E-state index in [1.807, 2.05) is 6.92 Å². The Morgan fingerprint density at radius 3 is 2.25 bits per heavy atom. The summed E-state index contributed by atoms with van der Waals surface area (Å²) < 4.78 is 0. The van der Waals surface area contributed by atoms with E-state index in [1.165, 1.54) is 6.92 Å². The third kappa shape index (κ3) is 2.74. The van der Waals surface area contributed by atoms with Gasteiger partial charge in [-0.1, -0.05) is 6.92 Å². The van der Waals surface area contributed by atoms with E-state index in [0.717, 1.165) is 0 Å². The normalized spacial score (nSPS) is 12.2. The smallest absolute Gasteiger partial charge is 0.352 e. The van der Waals surface area contributed by atoms with Crippen LogP contribution in [0.3, 0.4) is 0 Å². The molecule has 3 N–H and O–H groups in total. The number of carboxylic acid groups (broad SMARTS) is 1. The lowest BCUT2D eigenvalue weighted by atomic mass is 10.1. The first-order valence-corrected chi connectivity index (χ1v) is 3.73. The Hall–Kier alpha value is -1.32. The molecule has 0 radical (unpaired) electrons.